The van der Waals surface area contributed by atoms with Crippen molar-refractivity contribution in [2.75, 3.05) is 13.1 Å². The van der Waals surface area contributed by atoms with E-state index in [4.69, 9.17) is 4.98 Å². The Morgan fingerprint density at radius 3 is 2.74 bits per heavy atom. The third-order valence-corrected chi connectivity index (χ3v) is 6.28. The third kappa shape index (κ3) is 3.96. The van der Waals surface area contributed by atoms with Gasteiger partial charge in [-0.1, -0.05) is 35.4 Å². The molecular formula is C26H26N4O. The number of likely N-dealkylation sites (tertiary alicyclic amines) is 1. The number of rotatable bonds is 2. The second kappa shape index (κ2) is 8.34. The Hall–Kier alpha value is -3.47. The average Bonchev–Trinajstić information content (AvgIpc) is 3.26. The highest BCUT2D eigenvalue weighted by Crippen LogP contribution is 2.37. The molecule has 0 radical (unpaired) electrons. The first-order valence-electron chi connectivity index (χ1n) is 10.9. The summed E-state index contributed by atoms with van der Waals surface area (Å²) in [5.41, 5.74) is 10.0. The maximum absolute atomic E-state index is 12.6. The van der Waals surface area contributed by atoms with Crippen molar-refractivity contribution < 1.29 is 4.79 Å². The molecule has 2 aromatic heterocycles. The van der Waals surface area contributed by atoms with E-state index in [2.05, 4.69) is 41.2 Å². The van der Waals surface area contributed by atoms with Gasteiger partial charge in [0.05, 0.1) is 23.9 Å². The molecule has 1 aliphatic carbocycles. The fraction of sp³-hybridized carbons (Fsp3) is 0.269. The Balaban J connectivity index is 1.44. The summed E-state index contributed by atoms with van der Waals surface area (Å²) in [4.78, 5) is 26.4. The molecule has 0 atom stereocenters. The van der Waals surface area contributed by atoms with E-state index in [-0.39, 0.29) is 5.91 Å². The number of carbonyl (C=O) groups excluding carboxylic acids is 1. The second-order valence-corrected chi connectivity index (χ2v) is 8.32. The maximum atomic E-state index is 12.6. The van der Waals surface area contributed by atoms with Gasteiger partial charge in [0.15, 0.2) is 0 Å². The number of nitrogens with zero attached hydrogens (tertiary/aromatic N) is 3. The summed E-state index contributed by atoms with van der Waals surface area (Å²) >= 11 is 0. The number of nitrogens with one attached hydrogen (secondary N) is 1. The number of amides is 1. The lowest BCUT2D eigenvalue weighted by Gasteiger charge is -2.29. The minimum atomic E-state index is 0.0501. The van der Waals surface area contributed by atoms with Gasteiger partial charge in [-0.15, -0.1) is 0 Å². The lowest BCUT2D eigenvalue weighted by Crippen LogP contribution is -2.35. The molecule has 1 N–H and O–H groups in total. The molecule has 5 rings (SSSR count). The summed E-state index contributed by atoms with van der Waals surface area (Å²) < 4.78 is 0. The van der Waals surface area contributed by atoms with Crippen molar-refractivity contribution in [1.29, 1.82) is 0 Å². The number of fused-ring (bicyclic) bond motifs is 2. The lowest BCUT2D eigenvalue weighted by molar-refractivity contribution is -0.126. The Morgan fingerprint density at radius 1 is 1.10 bits per heavy atom. The molecule has 0 spiro atoms. The number of aromatic nitrogens is 3. The number of H-pyrrole nitrogens is 1. The van der Waals surface area contributed by atoms with E-state index in [1.54, 1.807) is 24.7 Å². The molecule has 0 bridgehead atoms. The van der Waals surface area contributed by atoms with Gasteiger partial charge in [0, 0.05) is 30.9 Å². The monoisotopic (exact) mass is 410 g/mol. The molecule has 5 heteroatoms. The topological polar surface area (TPSA) is 61.9 Å². The Labute approximate surface area is 182 Å². The summed E-state index contributed by atoms with van der Waals surface area (Å²) in [6.07, 6.45) is 12.4. The number of hydrogen-bond acceptors (Lipinski definition) is 3. The van der Waals surface area contributed by atoms with E-state index in [1.165, 1.54) is 33.4 Å². The summed E-state index contributed by atoms with van der Waals surface area (Å²) in [5, 5.41) is 0. The van der Waals surface area contributed by atoms with Gasteiger partial charge in [0.2, 0.25) is 5.91 Å². The molecule has 156 valence electrons. The third-order valence-electron chi connectivity index (χ3n) is 6.28. The molecule has 1 amide bonds. The van der Waals surface area contributed by atoms with E-state index in [1.807, 2.05) is 17.2 Å². The zero-order valence-electron chi connectivity index (χ0n) is 17.8. The maximum Gasteiger partial charge on any atom is 0.246 e. The number of aryl methyl sites for hydroxylation is 3. The van der Waals surface area contributed by atoms with Gasteiger partial charge in [-0.25, -0.2) is 4.98 Å². The van der Waals surface area contributed by atoms with Gasteiger partial charge >= 0.3 is 0 Å². The van der Waals surface area contributed by atoms with Crippen LogP contribution in [0.5, 0.6) is 0 Å². The van der Waals surface area contributed by atoms with Crippen LogP contribution in [0.4, 0.5) is 0 Å². The van der Waals surface area contributed by atoms with Gasteiger partial charge in [0.25, 0.3) is 0 Å². The molecule has 0 unspecified atom stereocenters. The fourth-order valence-corrected chi connectivity index (χ4v) is 4.66. The highest BCUT2D eigenvalue weighted by atomic mass is 16.2. The minimum Gasteiger partial charge on any atom is -0.345 e. The van der Waals surface area contributed by atoms with Crippen LogP contribution >= 0.6 is 0 Å². The summed E-state index contributed by atoms with van der Waals surface area (Å²) in [7, 11) is 0. The van der Waals surface area contributed by atoms with Crippen LogP contribution in [0.1, 0.15) is 46.5 Å². The zero-order chi connectivity index (χ0) is 21.2. The molecule has 5 nitrogen and oxygen atoms in total. The number of pyridine rings is 1. The van der Waals surface area contributed by atoms with Gasteiger partial charge in [-0.05, 0) is 61.4 Å². The molecule has 2 aliphatic rings. The van der Waals surface area contributed by atoms with Crippen molar-refractivity contribution in [1.82, 2.24) is 19.9 Å². The molecular weight excluding hydrogens is 384 g/mol. The SMILES string of the molecule is Cc1ccc2c(c1)CCc1cccnc1C2=C1CCN(C(=O)/C=C/c2cnc[nH]2)CC1. The van der Waals surface area contributed by atoms with Gasteiger partial charge < -0.3 is 9.88 Å². The van der Waals surface area contributed by atoms with Crippen molar-refractivity contribution in [3.8, 4) is 0 Å². The quantitative estimate of drug-likeness (QED) is 0.639. The Bertz CT molecular complexity index is 1160. The van der Waals surface area contributed by atoms with E-state index >= 15 is 0 Å². The predicted molar refractivity (Wildman–Crippen MR) is 122 cm³/mol. The standard InChI is InChI=1S/C26H26N4O/c1-18-4-8-23-21(15-18)6-5-20-3-2-12-28-26(20)25(23)19-10-13-30(14-11-19)24(31)9-7-22-16-27-17-29-22/h2-4,7-9,12,15-17H,5-6,10-11,13-14H2,1H3,(H,27,29)/b9-7+. The first kappa shape index (κ1) is 19.5. The van der Waals surface area contributed by atoms with Crippen molar-refractivity contribution in [2.24, 2.45) is 0 Å². The summed E-state index contributed by atoms with van der Waals surface area (Å²) in [6, 6.07) is 11.0. The van der Waals surface area contributed by atoms with E-state index in [9.17, 15) is 4.79 Å². The molecule has 3 heterocycles. The van der Waals surface area contributed by atoms with Crippen LogP contribution in [-0.4, -0.2) is 38.8 Å². The van der Waals surface area contributed by atoms with E-state index in [0.717, 1.165) is 50.2 Å². The minimum absolute atomic E-state index is 0.0501. The summed E-state index contributed by atoms with van der Waals surface area (Å²) in [5.74, 6) is 0.0501. The number of piperidine rings is 1. The van der Waals surface area contributed by atoms with Crippen LogP contribution in [0, 0.1) is 6.92 Å². The molecule has 3 aromatic rings. The first-order valence-corrected chi connectivity index (χ1v) is 10.9. The molecule has 31 heavy (non-hydrogen) atoms. The second-order valence-electron chi connectivity index (χ2n) is 8.32. The molecule has 1 fully saturated rings. The smallest absolute Gasteiger partial charge is 0.246 e. The van der Waals surface area contributed by atoms with Crippen molar-refractivity contribution in [3.05, 3.63) is 94.3 Å². The van der Waals surface area contributed by atoms with Crippen LogP contribution in [-0.2, 0) is 17.6 Å². The van der Waals surface area contributed by atoms with Gasteiger partial charge in [-0.2, -0.15) is 0 Å². The van der Waals surface area contributed by atoms with Crippen molar-refractivity contribution >= 4 is 17.6 Å². The highest BCUT2D eigenvalue weighted by Gasteiger charge is 2.25. The van der Waals surface area contributed by atoms with Crippen LogP contribution in [0.3, 0.4) is 0 Å². The van der Waals surface area contributed by atoms with Crippen LogP contribution in [0.2, 0.25) is 0 Å². The highest BCUT2D eigenvalue weighted by molar-refractivity contribution is 5.92. The Morgan fingerprint density at radius 2 is 1.94 bits per heavy atom. The number of aromatic amines is 1. The van der Waals surface area contributed by atoms with Gasteiger partial charge in [-0.3, -0.25) is 9.78 Å². The van der Waals surface area contributed by atoms with Crippen molar-refractivity contribution in [3.63, 3.8) is 0 Å². The fourth-order valence-electron chi connectivity index (χ4n) is 4.66. The van der Waals surface area contributed by atoms with Crippen molar-refractivity contribution in [2.45, 2.75) is 32.6 Å². The first-order chi connectivity index (χ1) is 15.2. The van der Waals surface area contributed by atoms with Crippen LogP contribution in [0.15, 0.2) is 60.7 Å². The lowest BCUT2D eigenvalue weighted by atomic mass is 9.88. The normalized spacial score (nSPS) is 16.2. The summed E-state index contributed by atoms with van der Waals surface area (Å²) in [6.45, 7) is 3.62. The average molecular weight is 411 g/mol. The number of benzene rings is 1. The zero-order valence-corrected chi connectivity index (χ0v) is 17.8. The molecule has 1 aromatic carbocycles. The Kier molecular flexibility index (Phi) is 5.24. The van der Waals surface area contributed by atoms with Gasteiger partial charge in [0.1, 0.15) is 0 Å². The molecule has 0 saturated carbocycles. The van der Waals surface area contributed by atoms with E-state index < -0.39 is 0 Å². The molecule has 1 aliphatic heterocycles. The van der Waals surface area contributed by atoms with E-state index in [0.29, 0.717) is 0 Å². The number of hydrogen-bond donors (Lipinski definition) is 1. The predicted octanol–water partition coefficient (Wildman–Crippen LogP) is 4.35. The largest absolute Gasteiger partial charge is 0.345 e. The van der Waals surface area contributed by atoms with Crippen LogP contribution in [0.25, 0.3) is 11.6 Å². The molecule has 1 saturated heterocycles. The number of carbonyl (C=O) groups is 1. The number of imidazole rings is 1. The van der Waals surface area contributed by atoms with Crippen LogP contribution < -0.4 is 0 Å².